The van der Waals surface area contributed by atoms with Gasteiger partial charge in [-0.05, 0) is 44.7 Å². The highest BCUT2D eigenvalue weighted by molar-refractivity contribution is 5.90. The van der Waals surface area contributed by atoms with Gasteiger partial charge in [0.15, 0.2) is 0 Å². The fraction of sp³-hybridized carbons (Fsp3) is 0.810. The van der Waals surface area contributed by atoms with Crippen LogP contribution in [0.15, 0.2) is 12.2 Å². The molecule has 0 aromatic rings. The fourth-order valence-electron chi connectivity index (χ4n) is 3.64. The summed E-state index contributed by atoms with van der Waals surface area (Å²) in [6, 6.07) is -0.656. The Bertz CT molecular complexity index is 508. The molecule has 0 aliphatic carbocycles. The SMILES string of the molecule is CC=C[C@H](C(C)C)N(C)C(=O)[C@@H](NC(=O)C1CCCCN1C)C(C)(C)C. The molecule has 5 heteroatoms. The highest BCUT2D eigenvalue weighted by atomic mass is 16.2. The summed E-state index contributed by atoms with van der Waals surface area (Å²) in [5.74, 6) is 0.253. The molecule has 3 atom stereocenters. The zero-order valence-electron chi connectivity index (χ0n) is 18.0. The molecule has 150 valence electrons. The molecule has 0 bridgehead atoms. The van der Waals surface area contributed by atoms with Gasteiger partial charge in [-0.1, -0.05) is 53.2 Å². The van der Waals surface area contributed by atoms with Crippen molar-refractivity contribution in [2.45, 2.75) is 78.9 Å². The Kier molecular flexibility index (Phi) is 8.32. The molecule has 0 aromatic heterocycles. The minimum absolute atomic E-state index is 0.0200. The Hall–Kier alpha value is -1.36. The molecule has 1 unspecified atom stereocenters. The van der Waals surface area contributed by atoms with Crippen molar-refractivity contribution >= 4 is 11.8 Å². The number of piperidine rings is 1. The Morgan fingerprint density at radius 2 is 1.85 bits per heavy atom. The van der Waals surface area contributed by atoms with E-state index in [2.05, 4.69) is 30.1 Å². The third-order valence-electron chi connectivity index (χ3n) is 5.34. The lowest BCUT2D eigenvalue weighted by molar-refractivity contribution is -0.141. The van der Waals surface area contributed by atoms with Crippen LogP contribution in [0.5, 0.6) is 0 Å². The molecule has 1 fully saturated rings. The number of carbonyl (C=O) groups excluding carboxylic acids is 2. The number of hydrogen-bond acceptors (Lipinski definition) is 3. The summed E-state index contributed by atoms with van der Waals surface area (Å²) in [4.78, 5) is 30.0. The third kappa shape index (κ3) is 5.83. The lowest BCUT2D eigenvalue weighted by Gasteiger charge is -2.39. The summed E-state index contributed by atoms with van der Waals surface area (Å²) in [5.41, 5.74) is -0.355. The molecule has 5 nitrogen and oxygen atoms in total. The van der Waals surface area contributed by atoms with Gasteiger partial charge in [0.1, 0.15) is 6.04 Å². The number of carbonyl (C=O) groups is 2. The molecule has 1 aliphatic heterocycles. The number of rotatable bonds is 6. The van der Waals surface area contributed by atoms with E-state index in [4.69, 9.17) is 0 Å². The molecule has 0 radical (unpaired) electrons. The first-order valence-corrected chi connectivity index (χ1v) is 9.90. The second-order valence-electron chi connectivity index (χ2n) is 9.01. The molecule has 26 heavy (non-hydrogen) atoms. The number of amides is 2. The van der Waals surface area contributed by atoms with Crippen molar-refractivity contribution in [3.63, 3.8) is 0 Å². The largest absolute Gasteiger partial charge is 0.342 e. The van der Waals surface area contributed by atoms with Gasteiger partial charge in [0.05, 0.1) is 12.1 Å². The van der Waals surface area contributed by atoms with E-state index in [0.29, 0.717) is 5.92 Å². The molecular formula is C21H39N3O2. The van der Waals surface area contributed by atoms with Gasteiger partial charge >= 0.3 is 0 Å². The topological polar surface area (TPSA) is 52.7 Å². The van der Waals surface area contributed by atoms with Crippen LogP contribution in [0.2, 0.25) is 0 Å². The average Bonchev–Trinajstić information content (AvgIpc) is 2.55. The average molecular weight is 366 g/mol. The molecule has 0 saturated carbocycles. The van der Waals surface area contributed by atoms with Gasteiger partial charge in [0, 0.05) is 7.05 Å². The maximum Gasteiger partial charge on any atom is 0.245 e. The van der Waals surface area contributed by atoms with Crippen LogP contribution in [0, 0.1) is 11.3 Å². The van der Waals surface area contributed by atoms with E-state index in [0.717, 1.165) is 25.8 Å². The highest BCUT2D eigenvalue weighted by Crippen LogP contribution is 2.24. The summed E-state index contributed by atoms with van der Waals surface area (Å²) >= 11 is 0. The zero-order chi connectivity index (χ0) is 20.1. The van der Waals surface area contributed by atoms with E-state index in [9.17, 15) is 9.59 Å². The second-order valence-corrected chi connectivity index (χ2v) is 9.01. The first kappa shape index (κ1) is 22.7. The molecule has 1 saturated heterocycles. The van der Waals surface area contributed by atoms with E-state index in [-0.39, 0.29) is 29.3 Å². The molecule has 1 rings (SSSR count). The minimum Gasteiger partial charge on any atom is -0.342 e. The van der Waals surface area contributed by atoms with Crippen LogP contribution < -0.4 is 5.32 Å². The van der Waals surface area contributed by atoms with Gasteiger partial charge in [-0.3, -0.25) is 14.5 Å². The van der Waals surface area contributed by atoms with Crippen LogP contribution in [0.3, 0.4) is 0 Å². The summed E-state index contributed by atoms with van der Waals surface area (Å²) in [7, 11) is 3.83. The van der Waals surface area contributed by atoms with E-state index < -0.39 is 6.04 Å². The third-order valence-corrected chi connectivity index (χ3v) is 5.34. The molecular weight excluding hydrogens is 326 g/mol. The van der Waals surface area contributed by atoms with Crippen LogP contribution in [-0.2, 0) is 9.59 Å². The minimum atomic E-state index is -0.540. The number of nitrogens with zero attached hydrogens (tertiary/aromatic N) is 2. The number of allylic oxidation sites excluding steroid dienone is 1. The standard InChI is InChI=1S/C21H39N3O2/c1-9-12-16(15(2)3)24(8)20(26)18(21(4,5)6)22-19(25)17-13-10-11-14-23(17)7/h9,12,15-18H,10-11,13-14H2,1-8H3,(H,22,25)/t16-,17?,18-/m1/s1. The summed E-state index contributed by atoms with van der Waals surface area (Å²) in [6.45, 7) is 13.1. The predicted octanol–water partition coefficient (Wildman–Crippen LogP) is 3.06. The predicted molar refractivity (Wildman–Crippen MR) is 108 cm³/mol. The molecule has 1 N–H and O–H groups in total. The van der Waals surface area contributed by atoms with Crippen LogP contribution in [0.4, 0.5) is 0 Å². The van der Waals surface area contributed by atoms with E-state index in [1.165, 1.54) is 0 Å². The molecule has 1 heterocycles. The van der Waals surface area contributed by atoms with E-state index in [1.54, 1.807) is 4.90 Å². The zero-order valence-corrected chi connectivity index (χ0v) is 18.0. The van der Waals surface area contributed by atoms with Crippen molar-refractivity contribution in [2.24, 2.45) is 11.3 Å². The van der Waals surface area contributed by atoms with Crippen molar-refractivity contribution in [3.05, 3.63) is 12.2 Å². The maximum absolute atomic E-state index is 13.3. The molecule has 1 aliphatic rings. The number of nitrogens with one attached hydrogen (secondary N) is 1. The van der Waals surface area contributed by atoms with E-state index in [1.807, 2.05) is 47.9 Å². The molecule has 0 spiro atoms. The van der Waals surface area contributed by atoms with Crippen molar-refractivity contribution in [3.8, 4) is 0 Å². The van der Waals surface area contributed by atoms with Crippen LogP contribution in [0.1, 0.15) is 60.8 Å². The van der Waals surface area contributed by atoms with Crippen LogP contribution in [0.25, 0.3) is 0 Å². The van der Waals surface area contributed by atoms with Gasteiger partial charge in [-0.15, -0.1) is 0 Å². The van der Waals surface area contributed by atoms with Gasteiger partial charge in [0.2, 0.25) is 11.8 Å². The summed E-state index contributed by atoms with van der Waals surface area (Å²) in [6.07, 6.45) is 7.09. The van der Waals surface area contributed by atoms with Gasteiger partial charge in [-0.2, -0.15) is 0 Å². The Morgan fingerprint density at radius 3 is 2.31 bits per heavy atom. The Morgan fingerprint density at radius 1 is 1.23 bits per heavy atom. The number of hydrogen-bond donors (Lipinski definition) is 1. The Balaban J connectivity index is 2.98. The van der Waals surface area contributed by atoms with Crippen LogP contribution in [-0.4, -0.2) is 60.4 Å². The lowest BCUT2D eigenvalue weighted by Crippen LogP contribution is -2.59. The lowest BCUT2D eigenvalue weighted by atomic mass is 9.84. The van der Waals surface area contributed by atoms with Gasteiger partial charge < -0.3 is 10.2 Å². The smallest absolute Gasteiger partial charge is 0.245 e. The first-order chi connectivity index (χ1) is 12.0. The normalized spacial score (nSPS) is 21.7. The highest BCUT2D eigenvalue weighted by Gasteiger charge is 2.38. The summed E-state index contributed by atoms with van der Waals surface area (Å²) < 4.78 is 0. The van der Waals surface area contributed by atoms with Crippen molar-refractivity contribution in [1.29, 1.82) is 0 Å². The molecule has 2 amide bonds. The number of likely N-dealkylation sites (tertiary alicyclic amines) is 1. The van der Waals surface area contributed by atoms with Crippen molar-refractivity contribution < 1.29 is 9.59 Å². The quantitative estimate of drug-likeness (QED) is 0.736. The van der Waals surface area contributed by atoms with Gasteiger partial charge in [-0.25, -0.2) is 0 Å². The number of likely N-dealkylation sites (N-methyl/N-ethyl adjacent to an activating group) is 2. The van der Waals surface area contributed by atoms with Crippen molar-refractivity contribution in [2.75, 3.05) is 20.6 Å². The fourth-order valence-corrected chi connectivity index (χ4v) is 3.64. The van der Waals surface area contributed by atoms with Gasteiger partial charge in [0.25, 0.3) is 0 Å². The maximum atomic E-state index is 13.3. The monoisotopic (exact) mass is 365 g/mol. The van der Waals surface area contributed by atoms with Crippen molar-refractivity contribution in [1.82, 2.24) is 15.1 Å². The Labute approximate surface area is 160 Å². The summed E-state index contributed by atoms with van der Waals surface area (Å²) in [5, 5.41) is 3.08. The second kappa shape index (κ2) is 9.54. The van der Waals surface area contributed by atoms with Crippen LogP contribution >= 0.6 is 0 Å². The molecule has 0 aromatic carbocycles. The van der Waals surface area contributed by atoms with E-state index >= 15 is 0 Å². The first-order valence-electron chi connectivity index (χ1n) is 9.90.